The number of amides is 1. The van der Waals surface area contributed by atoms with Crippen LogP contribution in [0.1, 0.15) is 13.3 Å². The summed E-state index contributed by atoms with van der Waals surface area (Å²) in [6, 6.07) is 0. The third-order valence-corrected chi connectivity index (χ3v) is 2.56. The van der Waals surface area contributed by atoms with E-state index in [1.807, 2.05) is 14.0 Å². The highest BCUT2D eigenvalue weighted by molar-refractivity contribution is 5.79. The maximum Gasteiger partial charge on any atom is 0.226 e. The predicted molar refractivity (Wildman–Crippen MR) is 55.1 cm³/mol. The van der Waals surface area contributed by atoms with E-state index in [-0.39, 0.29) is 11.8 Å². The van der Waals surface area contributed by atoms with Gasteiger partial charge in [0, 0.05) is 26.7 Å². The molecule has 0 aromatic carbocycles. The lowest BCUT2D eigenvalue weighted by molar-refractivity contribution is -0.134. The van der Waals surface area contributed by atoms with Gasteiger partial charge in [-0.25, -0.2) is 0 Å². The van der Waals surface area contributed by atoms with Crippen LogP contribution in [0.25, 0.3) is 0 Å². The summed E-state index contributed by atoms with van der Waals surface area (Å²) < 4.78 is 5.21. The van der Waals surface area contributed by atoms with Crippen LogP contribution in [0.5, 0.6) is 0 Å². The zero-order chi connectivity index (χ0) is 10.4. The Labute approximate surface area is 85.6 Å². The normalized spacial score (nSPS) is 21.1. The van der Waals surface area contributed by atoms with Crippen LogP contribution >= 0.6 is 0 Å². The van der Waals surface area contributed by atoms with Gasteiger partial charge < -0.3 is 15.0 Å². The van der Waals surface area contributed by atoms with Crippen molar-refractivity contribution in [3.63, 3.8) is 0 Å². The maximum atomic E-state index is 11.8. The van der Waals surface area contributed by atoms with E-state index in [0.717, 1.165) is 19.5 Å². The Hall–Kier alpha value is -0.610. The second kappa shape index (κ2) is 5.98. The number of ether oxygens (including phenoxy) is 1. The molecule has 1 saturated heterocycles. The lowest BCUT2D eigenvalue weighted by atomic mass is 10.1. The van der Waals surface area contributed by atoms with Crippen LogP contribution in [0.15, 0.2) is 0 Å². The molecule has 1 unspecified atom stereocenters. The number of rotatable bonds is 5. The first-order valence-electron chi connectivity index (χ1n) is 5.29. The van der Waals surface area contributed by atoms with Crippen molar-refractivity contribution in [1.29, 1.82) is 0 Å². The van der Waals surface area contributed by atoms with Crippen molar-refractivity contribution >= 4 is 5.91 Å². The van der Waals surface area contributed by atoms with Gasteiger partial charge in [-0.2, -0.15) is 0 Å². The molecule has 1 atom stereocenters. The number of nitrogens with one attached hydrogen (secondary N) is 1. The van der Waals surface area contributed by atoms with Gasteiger partial charge in [0.15, 0.2) is 0 Å². The van der Waals surface area contributed by atoms with Crippen LogP contribution in [0.4, 0.5) is 0 Å². The monoisotopic (exact) mass is 200 g/mol. The zero-order valence-corrected chi connectivity index (χ0v) is 9.08. The third kappa shape index (κ3) is 3.27. The van der Waals surface area contributed by atoms with Gasteiger partial charge in [0.05, 0.1) is 12.5 Å². The Morgan fingerprint density at radius 1 is 1.64 bits per heavy atom. The summed E-state index contributed by atoms with van der Waals surface area (Å²) >= 11 is 0. The van der Waals surface area contributed by atoms with Crippen molar-refractivity contribution in [3.05, 3.63) is 0 Å². The highest BCUT2D eigenvalue weighted by Crippen LogP contribution is 2.10. The van der Waals surface area contributed by atoms with E-state index in [1.54, 1.807) is 4.90 Å². The minimum atomic E-state index is 0.182. The molecule has 1 N–H and O–H groups in total. The van der Waals surface area contributed by atoms with E-state index in [2.05, 4.69) is 5.32 Å². The van der Waals surface area contributed by atoms with E-state index in [4.69, 9.17) is 4.74 Å². The predicted octanol–water partition coefficient (Wildman–Crippen LogP) is 0.0908. The van der Waals surface area contributed by atoms with Gasteiger partial charge in [-0.3, -0.25) is 4.79 Å². The largest absolute Gasteiger partial charge is 0.380 e. The summed E-state index contributed by atoms with van der Waals surface area (Å²) in [6.07, 6.45) is 0.970. The van der Waals surface area contributed by atoms with E-state index >= 15 is 0 Å². The van der Waals surface area contributed by atoms with E-state index in [1.165, 1.54) is 0 Å². The van der Waals surface area contributed by atoms with Crippen LogP contribution in [-0.2, 0) is 9.53 Å². The number of likely N-dealkylation sites (N-methyl/N-ethyl adjacent to an activating group) is 1. The molecule has 0 radical (unpaired) electrons. The average molecular weight is 200 g/mol. The van der Waals surface area contributed by atoms with Crippen molar-refractivity contribution in [1.82, 2.24) is 10.2 Å². The second-order valence-electron chi connectivity index (χ2n) is 3.65. The average Bonchev–Trinajstić information content (AvgIpc) is 2.69. The molecule has 0 aliphatic carbocycles. The summed E-state index contributed by atoms with van der Waals surface area (Å²) in [5, 5.41) is 3.20. The molecule has 0 aromatic heterocycles. The summed E-state index contributed by atoms with van der Waals surface area (Å²) in [5.41, 5.74) is 0. The molecule has 14 heavy (non-hydrogen) atoms. The van der Waals surface area contributed by atoms with Crippen LogP contribution in [0.2, 0.25) is 0 Å². The Kier molecular flexibility index (Phi) is 4.90. The number of carbonyl (C=O) groups is 1. The molecule has 4 heteroatoms. The molecule has 0 spiro atoms. The molecule has 1 aliphatic heterocycles. The van der Waals surface area contributed by atoms with Crippen molar-refractivity contribution in [2.45, 2.75) is 13.3 Å². The van der Waals surface area contributed by atoms with Crippen LogP contribution in [0.3, 0.4) is 0 Å². The van der Waals surface area contributed by atoms with E-state index < -0.39 is 0 Å². The highest BCUT2D eigenvalue weighted by Gasteiger charge is 2.24. The van der Waals surface area contributed by atoms with Crippen molar-refractivity contribution in [2.75, 3.05) is 39.9 Å². The quantitative estimate of drug-likeness (QED) is 0.640. The van der Waals surface area contributed by atoms with Crippen LogP contribution in [-0.4, -0.2) is 50.7 Å². The second-order valence-corrected chi connectivity index (χ2v) is 3.65. The Balaban J connectivity index is 2.21. The molecule has 1 aliphatic rings. The maximum absolute atomic E-state index is 11.8. The first kappa shape index (κ1) is 11.5. The van der Waals surface area contributed by atoms with Crippen LogP contribution in [0, 0.1) is 5.92 Å². The number of carbonyl (C=O) groups excluding carboxylic acids is 1. The summed E-state index contributed by atoms with van der Waals surface area (Å²) in [4.78, 5) is 13.5. The lowest BCUT2D eigenvalue weighted by Gasteiger charge is -2.20. The molecule has 0 saturated carbocycles. The molecule has 4 nitrogen and oxygen atoms in total. The molecule has 0 aromatic rings. The number of hydrogen-bond acceptors (Lipinski definition) is 3. The summed E-state index contributed by atoms with van der Waals surface area (Å²) in [5.74, 6) is 0.427. The first-order chi connectivity index (χ1) is 6.75. The minimum absolute atomic E-state index is 0.182. The molecule has 0 bridgehead atoms. The topological polar surface area (TPSA) is 41.6 Å². The Bertz CT molecular complexity index is 179. The SMILES string of the molecule is CCOCCN(C)C(=O)C1CCNC1. The highest BCUT2D eigenvalue weighted by atomic mass is 16.5. The molecule has 82 valence electrons. The molecule has 1 amide bonds. The van der Waals surface area contributed by atoms with Crippen molar-refractivity contribution < 1.29 is 9.53 Å². The van der Waals surface area contributed by atoms with Gasteiger partial charge in [-0.1, -0.05) is 0 Å². The van der Waals surface area contributed by atoms with Gasteiger partial charge in [0.1, 0.15) is 0 Å². The zero-order valence-electron chi connectivity index (χ0n) is 9.08. The first-order valence-corrected chi connectivity index (χ1v) is 5.29. The standard InChI is InChI=1S/C10H20N2O2/c1-3-14-7-6-12(2)10(13)9-4-5-11-8-9/h9,11H,3-8H2,1-2H3. The van der Waals surface area contributed by atoms with Gasteiger partial charge in [0.2, 0.25) is 5.91 Å². The van der Waals surface area contributed by atoms with Gasteiger partial charge >= 0.3 is 0 Å². The molecular formula is C10H20N2O2. The van der Waals surface area contributed by atoms with Gasteiger partial charge in [-0.05, 0) is 19.9 Å². The fourth-order valence-corrected chi connectivity index (χ4v) is 1.63. The lowest BCUT2D eigenvalue weighted by Crippen LogP contribution is -2.36. The Morgan fingerprint density at radius 2 is 2.43 bits per heavy atom. The number of nitrogens with zero attached hydrogens (tertiary/aromatic N) is 1. The number of hydrogen-bond donors (Lipinski definition) is 1. The van der Waals surface area contributed by atoms with Crippen LogP contribution < -0.4 is 5.32 Å². The Morgan fingerprint density at radius 3 is 3.00 bits per heavy atom. The van der Waals surface area contributed by atoms with Gasteiger partial charge in [0.25, 0.3) is 0 Å². The molecular weight excluding hydrogens is 180 g/mol. The summed E-state index contributed by atoms with van der Waals surface area (Å²) in [6.45, 7) is 5.81. The fourth-order valence-electron chi connectivity index (χ4n) is 1.63. The van der Waals surface area contributed by atoms with E-state index in [9.17, 15) is 4.79 Å². The van der Waals surface area contributed by atoms with Crippen molar-refractivity contribution in [3.8, 4) is 0 Å². The molecule has 1 fully saturated rings. The van der Waals surface area contributed by atoms with Crippen molar-refractivity contribution in [2.24, 2.45) is 5.92 Å². The van der Waals surface area contributed by atoms with Gasteiger partial charge in [-0.15, -0.1) is 0 Å². The molecule has 1 rings (SSSR count). The fraction of sp³-hybridized carbons (Fsp3) is 0.900. The smallest absolute Gasteiger partial charge is 0.226 e. The minimum Gasteiger partial charge on any atom is -0.380 e. The van der Waals surface area contributed by atoms with E-state index in [0.29, 0.717) is 19.8 Å². The molecule has 1 heterocycles. The summed E-state index contributed by atoms with van der Waals surface area (Å²) in [7, 11) is 1.85. The third-order valence-electron chi connectivity index (χ3n) is 2.56.